The molecule has 7 nitrogen and oxygen atoms in total. The number of pyridine rings is 1. The molecule has 1 N–H and O–H groups in total. The van der Waals surface area contributed by atoms with Gasteiger partial charge in [0.15, 0.2) is 6.10 Å². The zero-order valence-corrected chi connectivity index (χ0v) is 31.0. The second-order valence-corrected chi connectivity index (χ2v) is 15.8. The van der Waals surface area contributed by atoms with Gasteiger partial charge in [0.05, 0.1) is 30.1 Å². The molecule has 2 aliphatic heterocycles. The van der Waals surface area contributed by atoms with Crippen molar-refractivity contribution in [3.63, 3.8) is 0 Å². The van der Waals surface area contributed by atoms with E-state index in [4.69, 9.17) is 14.5 Å². The van der Waals surface area contributed by atoms with Crippen LogP contribution in [0.2, 0.25) is 0 Å². The summed E-state index contributed by atoms with van der Waals surface area (Å²) in [7, 11) is 0. The minimum absolute atomic E-state index is 0.195. The summed E-state index contributed by atoms with van der Waals surface area (Å²) in [6, 6.07) is 23.2. The van der Waals surface area contributed by atoms with E-state index < -0.39 is 17.7 Å². The van der Waals surface area contributed by atoms with Gasteiger partial charge >= 0.3 is 5.97 Å². The van der Waals surface area contributed by atoms with Crippen LogP contribution < -0.4 is 14.5 Å². The van der Waals surface area contributed by atoms with Crippen molar-refractivity contribution in [1.82, 2.24) is 4.98 Å². The maximum Gasteiger partial charge on any atom is 0.337 e. The number of aromatic nitrogens is 1. The predicted octanol–water partition coefficient (Wildman–Crippen LogP) is 9.34. The summed E-state index contributed by atoms with van der Waals surface area (Å²) in [5.41, 5.74) is 8.08. The number of benzene rings is 3. The molecule has 1 aromatic heterocycles. The van der Waals surface area contributed by atoms with Gasteiger partial charge in [0.25, 0.3) is 0 Å². The third-order valence-corrected chi connectivity index (χ3v) is 10.1. The smallest absolute Gasteiger partial charge is 0.337 e. The second-order valence-electron chi connectivity index (χ2n) is 15.8. The number of nitrogens with zero attached hydrogens (tertiary/aromatic N) is 3. The van der Waals surface area contributed by atoms with Crippen LogP contribution in [0.5, 0.6) is 5.75 Å². The number of halogens is 1. The van der Waals surface area contributed by atoms with Crippen molar-refractivity contribution in [1.29, 1.82) is 0 Å². The number of piperidine rings is 1. The fourth-order valence-corrected chi connectivity index (χ4v) is 7.36. The lowest BCUT2D eigenvalue weighted by molar-refractivity contribution is -0.160. The average Bonchev–Trinajstić information content (AvgIpc) is 3.08. The molecule has 1 saturated heterocycles. The molecule has 270 valence electrons. The van der Waals surface area contributed by atoms with Gasteiger partial charge in [-0.05, 0) is 106 Å². The Hall–Kier alpha value is -4.43. The fourth-order valence-electron chi connectivity index (χ4n) is 7.36. The number of carbonyl (C=O) groups is 1. The molecular weight excluding hydrogens is 641 g/mol. The number of rotatable bonds is 11. The number of hydrogen-bond donors (Lipinski definition) is 1. The topological polar surface area (TPSA) is 75.1 Å². The summed E-state index contributed by atoms with van der Waals surface area (Å²) in [4.78, 5) is 23.2. The summed E-state index contributed by atoms with van der Waals surface area (Å²) in [6.45, 7) is 15.8. The number of aryl methyl sites for hydroxylation is 2. The Bertz CT molecular complexity index is 1820. The van der Waals surface area contributed by atoms with Crippen LogP contribution in [0.3, 0.4) is 0 Å². The highest BCUT2D eigenvalue weighted by molar-refractivity contribution is 5.88. The van der Waals surface area contributed by atoms with Crippen LogP contribution in [0.25, 0.3) is 11.1 Å². The number of ether oxygens (including phenoxy) is 2. The van der Waals surface area contributed by atoms with Gasteiger partial charge in [-0.3, -0.25) is 4.98 Å². The lowest BCUT2D eigenvalue weighted by Gasteiger charge is -2.41. The number of fused-ring (bicyclic) bond motifs is 1. The van der Waals surface area contributed by atoms with E-state index in [1.54, 1.807) is 12.1 Å². The standard InChI is InChI=1S/C43H52FN3O4/c1-29-37(40(41(48)49)51-42(2,3)4)39(46-25-22-43(5,6)23-26-46)38(35(45-29)28-47-24-9-11-31-10-7-8-12-36(31)47)32-15-19-34(20-16-32)50-27-21-30-13-17-33(44)18-14-30/h7-8,10,12-20,40H,9,11,21-28H2,1-6H3,(H,48,49)/t40-/m0/s1. The monoisotopic (exact) mass is 693 g/mol. The zero-order valence-electron chi connectivity index (χ0n) is 31.0. The Kier molecular flexibility index (Phi) is 10.7. The first-order chi connectivity index (χ1) is 24.3. The fraction of sp³-hybridized carbons (Fsp3) is 0.442. The molecule has 4 aromatic rings. The van der Waals surface area contributed by atoms with Gasteiger partial charge in [0, 0.05) is 48.6 Å². The number of para-hydroxylation sites is 1. The first kappa shape index (κ1) is 36.4. The van der Waals surface area contributed by atoms with Crippen molar-refractivity contribution in [2.24, 2.45) is 5.41 Å². The molecule has 0 amide bonds. The van der Waals surface area contributed by atoms with Crippen molar-refractivity contribution in [2.75, 3.05) is 36.0 Å². The van der Waals surface area contributed by atoms with Crippen molar-refractivity contribution >= 4 is 17.3 Å². The number of carboxylic acid groups (broad SMARTS) is 1. The van der Waals surface area contributed by atoms with Gasteiger partial charge in [-0.15, -0.1) is 0 Å². The van der Waals surface area contributed by atoms with Crippen LogP contribution in [0, 0.1) is 18.2 Å². The third kappa shape index (κ3) is 8.73. The molecule has 6 rings (SSSR count). The Morgan fingerprint density at radius 3 is 2.33 bits per heavy atom. The van der Waals surface area contributed by atoms with Crippen LogP contribution in [0.15, 0.2) is 72.8 Å². The molecule has 2 aliphatic rings. The normalized spacial score (nSPS) is 16.5. The zero-order chi connectivity index (χ0) is 36.3. The number of anilines is 2. The lowest BCUT2D eigenvalue weighted by atomic mass is 9.81. The number of carboxylic acids is 1. The first-order valence-electron chi connectivity index (χ1n) is 18.3. The Balaban J connectivity index is 1.46. The highest BCUT2D eigenvalue weighted by atomic mass is 19.1. The van der Waals surface area contributed by atoms with Crippen LogP contribution in [0.4, 0.5) is 15.8 Å². The molecular formula is C43H52FN3O4. The van der Waals surface area contributed by atoms with Crippen molar-refractivity contribution in [3.8, 4) is 16.9 Å². The van der Waals surface area contributed by atoms with Crippen molar-refractivity contribution in [2.45, 2.75) is 91.9 Å². The van der Waals surface area contributed by atoms with Crippen LogP contribution in [-0.4, -0.2) is 47.9 Å². The van der Waals surface area contributed by atoms with E-state index in [9.17, 15) is 14.3 Å². The minimum atomic E-state index is -1.19. The van der Waals surface area contributed by atoms with Gasteiger partial charge in [-0.1, -0.05) is 56.3 Å². The van der Waals surface area contributed by atoms with E-state index in [1.165, 1.54) is 23.4 Å². The quantitative estimate of drug-likeness (QED) is 0.168. The highest BCUT2D eigenvalue weighted by Crippen LogP contribution is 2.46. The van der Waals surface area contributed by atoms with E-state index in [-0.39, 0.29) is 11.2 Å². The largest absolute Gasteiger partial charge is 0.493 e. The van der Waals surface area contributed by atoms with Gasteiger partial charge in [-0.25, -0.2) is 9.18 Å². The van der Waals surface area contributed by atoms with Gasteiger partial charge in [0.2, 0.25) is 0 Å². The molecule has 0 saturated carbocycles. The maximum atomic E-state index is 13.4. The van der Waals surface area contributed by atoms with E-state index in [0.717, 1.165) is 79.1 Å². The molecule has 1 fully saturated rings. The molecule has 3 heterocycles. The van der Waals surface area contributed by atoms with Gasteiger partial charge < -0.3 is 24.4 Å². The molecule has 0 aliphatic carbocycles. The van der Waals surface area contributed by atoms with Crippen molar-refractivity contribution in [3.05, 3.63) is 107 Å². The van der Waals surface area contributed by atoms with E-state index in [2.05, 4.69) is 60.0 Å². The van der Waals surface area contributed by atoms with Gasteiger partial charge in [0.1, 0.15) is 11.6 Å². The maximum absolute atomic E-state index is 13.4. The lowest BCUT2D eigenvalue weighted by Crippen LogP contribution is -2.39. The Morgan fingerprint density at radius 1 is 0.980 bits per heavy atom. The summed E-state index contributed by atoms with van der Waals surface area (Å²) < 4.78 is 25.9. The Morgan fingerprint density at radius 2 is 1.67 bits per heavy atom. The highest BCUT2D eigenvalue weighted by Gasteiger charge is 2.37. The van der Waals surface area contributed by atoms with Crippen LogP contribution in [0.1, 0.15) is 88.1 Å². The molecule has 0 spiro atoms. The average molecular weight is 694 g/mol. The first-order valence-corrected chi connectivity index (χ1v) is 18.3. The molecule has 8 heteroatoms. The van der Waals surface area contributed by atoms with Crippen LogP contribution in [-0.2, 0) is 28.9 Å². The van der Waals surface area contributed by atoms with E-state index in [0.29, 0.717) is 30.8 Å². The minimum Gasteiger partial charge on any atom is -0.493 e. The van der Waals surface area contributed by atoms with Crippen LogP contribution >= 0.6 is 0 Å². The predicted molar refractivity (Wildman–Crippen MR) is 202 cm³/mol. The molecule has 0 radical (unpaired) electrons. The van der Waals surface area contributed by atoms with E-state index in [1.807, 2.05) is 39.8 Å². The second kappa shape index (κ2) is 15.0. The molecule has 51 heavy (non-hydrogen) atoms. The summed E-state index contributed by atoms with van der Waals surface area (Å²) >= 11 is 0. The molecule has 3 aromatic carbocycles. The summed E-state index contributed by atoms with van der Waals surface area (Å²) in [6.07, 6.45) is 3.55. The Labute approximate surface area is 302 Å². The number of aliphatic carboxylic acids is 1. The number of hydrogen-bond acceptors (Lipinski definition) is 6. The van der Waals surface area contributed by atoms with E-state index >= 15 is 0 Å². The van der Waals surface area contributed by atoms with Crippen molar-refractivity contribution < 1.29 is 23.8 Å². The van der Waals surface area contributed by atoms with Gasteiger partial charge in [-0.2, -0.15) is 0 Å². The molecule has 0 unspecified atom stereocenters. The molecule has 0 bridgehead atoms. The third-order valence-electron chi connectivity index (χ3n) is 10.1. The summed E-state index contributed by atoms with van der Waals surface area (Å²) in [5, 5.41) is 10.7. The SMILES string of the molecule is Cc1nc(CN2CCCc3ccccc32)c(-c2ccc(OCCc3ccc(F)cc3)cc2)c(N2CCC(C)(C)CC2)c1[C@H](OC(C)(C)C)C(=O)O. The summed E-state index contributed by atoms with van der Waals surface area (Å²) in [5.74, 6) is -0.546. The molecule has 1 atom stereocenters.